The van der Waals surface area contributed by atoms with Crippen LogP contribution in [0.15, 0.2) is 36.7 Å². The molecule has 0 amide bonds. The van der Waals surface area contributed by atoms with Crippen molar-refractivity contribution in [1.29, 1.82) is 0 Å². The third-order valence-corrected chi connectivity index (χ3v) is 6.89. The number of nitrogens with one attached hydrogen (secondary N) is 1. The lowest BCUT2D eigenvalue weighted by Gasteiger charge is -2.46. The average molecular weight is 450 g/mol. The quantitative estimate of drug-likeness (QED) is 0.600. The van der Waals surface area contributed by atoms with Crippen LogP contribution in [-0.4, -0.2) is 35.8 Å². The third kappa shape index (κ3) is 4.91. The van der Waals surface area contributed by atoms with Crippen molar-refractivity contribution in [3.05, 3.63) is 53.5 Å². The molecule has 3 heterocycles. The first-order chi connectivity index (χ1) is 15.4. The monoisotopic (exact) mass is 449 g/mol. The molecule has 2 fully saturated rings. The van der Waals surface area contributed by atoms with E-state index in [1.54, 1.807) is 0 Å². The fourth-order valence-corrected chi connectivity index (χ4v) is 5.31. The molecule has 32 heavy (non-hydrogen) atoms. The second-order valence-electron chi connectivity index (χ2n) is 8.99. The second-order valence-corrected chi connectivity index (χ2v) is 8.99. The Balaban J connectivity index is 1.45. The summed E-state index contributed by atoms with van der Waals surface area (Å²) in [5.41, 5.74) is 0.562. The number of pyridine rings is 2. The number of nitrogens with zero attached hydrogens (tertiary/aromatic N) is 2. The van der Waals surface area contributed by atoms with Crippen molar-refractivity contribution >= 4 is 0 Å². The van der Waals surface area contributed by atoms with Crippen molar-refractivity contribution in [2.45, 2.75) is 68.7 Å². The van der Waals surface area contributed by atoms with Crippen LogP contribution < -0.4 is 10.1 Å². The van der Waals surface area contributed by atoms with Crippen LogP contribution in [0.5, 0.6) is 5.88 Å². The summed E-state index contributed by atoms with van der Waals surface area (Å²) in [6.45, 7) is 1.69. The molecule has 0 unspecified atom stereocenters. The number of rotatable bonds is 7. The molecule has 0 radical (unpaired) electrons. The Morgan fingerprint density at radius 2 is 1.97 bits per heavy atom. The Bertz CT molecular complexity index is 901. The van der Waals surface area contributed by atoms with Crippen LogP contribution in [0.4, 0.5) is 13.2 Å². The minimum absolute atomic E-state index is 0.0582. The summed E-state index contributed by atoms with van der Waals surface area (Å²) in [5, 5.41) is 3.32. The number of methoxy groups -OCH3 is 1. The Labute approximate surface area is 186 Å². The molecule has 174 valence electrons. The number of aromatic nitrogens is 2. The van der Waals surface area contributed by atoms with E-state index in [9.17, 15) is 13.2 Å². The van der Waals surface area contributed by atoms with Crippen LogP contribution >= 0.6 is 0 Å². The van der Waals surface area contributed by atoms with E-state index in [-0.39, 0.29) is 11.0 Å². The van der Waals surface area contributed by atoms with E-state index in [2.05, 4.69) is 16.4 Å². The zero-order valence-electron chi connectivity index (χ0n) is 18.4. The minimum Gasteiger partial charge on any atom is -0.481 e. The van der Waals surface area contributed by atoms with Crippen LogP contribution in [0.3, 0.4) is 0 Å². The Kier molecular flexibility index (Phi) is 6.72. The van der Waals surface area contributed by atoms with Gasteiger partial charge in [-0.05, 0) is 62.4 Å². The standard InChI is InChI=1S/C24H30F3N3O2/c1-31-21-19(24(25,26)27)14-18(16-30-21)15-28-12-9-22(20-6-2-5-11-29-20)10-13-32-23(17-22)7-3-4-8-23/h2,5-6,11,14,16,28H,3-4,7-10,12-13,15,17H2,1H3/t22-/m0/s1. The van der Waals surface area contributed by atoms with Gasteiger partial charge in [0.25, 0.3) is 0 Å². The van der Waals surface area contributed by atoms with Crippen molar-refractivity contribution < 1.29 is 22.6 Å². The summed E-state index contributed by atoms with van der Waals surface area (Å²) in [6, 6.07) is 7.15. The van der Waals surface area contributed by atoms with Gasteiger partial charge in [0.15, 0.2) is 0 Å². The van der Waals surface area contributed by atoms with Gasteiger partial charge in [-0.2, -0.15) is 13.2 Å². The summed E-state index contributed by atoms with van der Waals surface area (Å²) in [4.78, 5) is 8.52. The molecule has 8 heteroatoms. The van der Waals surface area contributed by atoms with E-state index >= 15 is 0 Å². The molecule has 1 N–H and O–H groups in total. The van der Waals surface area contributed by atoms with Gasteiger partial charge in [-0.15, -0.1) is 0 Å². The van der Waals surface area contributed by atoms with Gasteiger partial charge in [0, 0.05) is 36.7 Å². The van der Waals surface area contributed by atoms with E-state index < -0.39 is 17.6 Å². The van der Waals surface area contributed by atoms with Gasteiger partial charge < -0.3 is 14.8 Å². The fraction of sp³-hybridized carbons (Fsp3) is 0.583. The molecule has 1 aliphatic heterocycles. The molecule has 1 saturated heterocycles. The van der Waals surface area contributed by atoms with Crippen molar-refractivity contribution in [3.63, 3.8) is 0 Å². The highest BCUT2D eigenvalue weighted by molar-refractivity contribution is 5.32. The van der Waals surface area contributed by atoms with Crippen molar-refractivity contribution in [3.8, 4) is 5.88 Å². The first kappa shape index (κ1) is 23.0. The fourth-order valence-electron chi connectivity index (χ4n) is 5.31. The molecule has 1 atom stereocenters. The van der Waals surface area contributed by atoms with Gasteiger partial charge in [-0.25, -0.2) is 4.98 Å². The maximum absolute atomic E-state index is 13.3. The van der Waals surface area contributed by atoms with Crippen molar-refractivity contribution in [2.24, 2.45) is 0 Å². The van der Waals surface area contributed by atoms with Crippen molar-refractivity contribution in [2.75, 3.05) is 20.3 Å². The minimum atomic E-state index is -4.50. The predicted molar refractivity (Wildman–Crippen MR) is 114 cm³/mol. The Morgan fingerprint density at radius 1 is 1.16 bits per heavy atom. The number of alkyl halides is 3. The lowest BCUT2D eigenvalue weighted by Crippen LogP contribution is -2.47. The first-order valence-corrected chi connectivity index (χ1v) is 11.2. The van der Waals surface area contributed by atoms with Gasteiger partial charge in [0.05, 0.1) is 12.7 Å². The van der Waals surface area contributed by atoms with Crippen molar-refractivity contribution in [1.82, 2.24) is 15.3 Å². The molecule has 1 aliphatic carbocycles. The predicted octanol–water partition coefficient (Wildman–Crippen LogP) is 5.04. The SMILES string of the molecule is COc1ncc(CNCC[C@]2(c3ccccn3)CCOC3(CCCC3)C2)cc1C(F)(F)F. The molecule has 0 aromatic carbocycles. The Hall–Kier alpha value is -2.19. The van der Waals surface area contributed by atoms with Gasteiger partial charge in [0.1, 0.15) is 5.56 Å². The highest BCUT2D eigenvalue weighted by Gasteiger charge is 2.48. The van der Waals surface area contributed by atoms with E-state index in [1.165, 1.54) is 26.1 Å². The summed E-state index contributed by atoms with van der Waals surface area (Å²) in [7, 11) is 1.19. The maximum atomic E-state index is 13.3. The van der Waals surface area contributed by atoms with Gasteiger partial charge in [-0.1, -0.05) is 18.9 Å². The topological polar surface area (TPSA) is 56.3 Å². The second kappa shape index (κ2) is 9.35. The molecular weight excluding hydrogens is 419 g/mol. The average Bonchev–Trinajstić information content (AvgIpc) is 3.24. The molecule has 1 spiro atoms. The lowest BCUT2D eigenvalue weighted by molar-refractivity contribution is -0.139. The molecule has 2 aromatic heterocycles. The zero-order chi connectivity index (χ0) is 22.7. The smallest absolute Gasteiger partial charge is 0.421 e. The van der Waals surface area contributed by atoms with Gasteiger partial charge in [0.2, 0.25) is 5.88 Å². The highest BCUT2D eigenvalue weighted by Crippen LogP contribution is 2.49. The normalized spacial score (nSPS) is 22.9. The van der Waals surface area contributed by atoms with Gasteiger partial charge in [-0.3, -0.25) is 4.98 Å². The van der Waals surface area contributed by atoms with Crippen LogP contribution in [0, 0.1) is 0 Å². The molecule has 0 bridgehead atoms. The lowest BCUT2D eigenvalue weighted by atomic mass is 9.68. The summed E-state index contributed by atoms with van der Waals surface area (Å²) < 4.78 is 50.9. The molecule has 4 rings (SSSR count). The highest BCUT2D eigenvalue weighted by atomic mass is 19.4. The molecule has 2 aromatic rings. The van der Waals surface area contributed by atoms with Gasteiger partial charge >= 0.3 is 6.18 Å². The van der Waals surface area contributed by atoms with Crippen LogP contribution in [0.2, 0.25) is 0 Å². The third-order valence-electron chi connectivity index (χ3n) is 6.89. The number of halogens is 3. The molecule has 5 nitrogen and oxygen atoms in total. The summed E-state index contributed by atoms with van der Waals surface area (Å²) >= 11 is 0. The number of ether oxygens (including phenoxy) is 2. The zero-order valence-corrected chi connectivity index (χ0v) is 18.4. The first-order valence-electron chi connectivity index (χ1n) is 11.2. The largest absolute Gasteiger partial charge is 0.481 e. The van der Waals surface area contributed by atoms with Crippen LogP contribution in [0.1, 0.15) is 61.8 Å². The molecular formula is C24H30F3N3O2. The summed E-state index contributed by atoms with van der Waals surface area (Å²) in [6.07, 6.45) is 6.03. The van der Waals surface area contributed by atoms with E-state index in [4.69, 9.17) is 14.5 Å². The van der Waals surface area contributed by atoms with E-state index in [0.717, 1.165) is 43.9 Å². The van der Waals surface area contributed by atoms with Crippen LogP contribution in [0.25, 0.3) is 0 Å². The molecule has 2 aliphatic rings. The van der Waals surface area contributed by atoms with E-state index in [0.29, 0.717) is 25.3 Å². The maximum Gasteiger partial charge on any atom is 0.421 e. The molecule has 1 saturated carbocycles. The number of hydrogen-bond acceptors (Lipinski definition) is 5. The van der Waals surface area contributed by atoms with Crippen LogP contribution in [-0.2, 0) is 22.9 Å². The Morgan fingerprint density at radius 3 is 2.66 bits per heavy atom. The summed E-state index contributed by atoms with van der Waals surface area (Å²) in [5.74, 6) is -0.403. The number of hydrogen-bond donors (Lipinski definition) is 1. The van der Waals surface area contributed by atoms with E-state index in [1.807, 2.05) is 18.3 Å².